The second-order valence-corrected chi connectivity index (χ2v) is 9.85. The molecule has 1 atom stereocenters. The average molecular weight is 495 g/mol. The number of H-pyrrole nitrogens is 1. The molecule has 0 unspecified atom stereocenters. The van der Waals surface area contributed by atoms with Gasteiger partial charge in [-0.3, -0.25) is 14.5 Å². The van der Waals surface area contributed by atoms with Gasteiger partial charge >= 0.3 is 0 Å². The normalized spacial score (nSPS) is 19.3. The number of hydrogen-bond acceptors (Lipinski definition) is 5. The van der Waals surface area contributed by atoms with Crippen LogP contribution in [0.15, 0.2) is 53.3 Å². The second kappa shape index (κ2) is 10.4. The number of amides is 1. The number of aromatic nitrogens is 1. The number of fused-ring (bicyclic) bond motifs is 1. The van der Waals surface area contributed by atoms with E-state index in [2.05, 4.69) is 14.8 Å². The van der Waals surface area contributed by atoms with Crippen molar-refractivity contribution in [3.8, 4) is 11.1 Å². The molecule has 2 N–H and O–H groups in total. The maximum absolute atomic E-state index is 13.4. The summed E-state index contributed by atoms with van der Waals surface area (Å²) >= 11 is 6.36. The molecular formula is C27H31ClN4O3. The van der Waals surface area contributed by atoms with Crippen LogP contribution in [0.25, 0.3) is 22.0 Å². The van der Waals surface area contributed by atoms with Gasteiger partial charge < -0.3 is 19.9 Å². The van der Waals surface area contributed by atoms with E-state index in [1.165, 1.54) is 0 Å². The third-order valence-electron chi connectivity index (χ3n) is 7.20. The molecule has 1 aromatic heterocycles. The molecule has 0 radical (unpaired) electrons. The van der Waals surface area contributed by atoms with Crippen LogP contribution in [-0.4, -0.2) is 78.2 Å². The quantitative estimate of drug-likeness (QED) is 0.569. The maximum Gasteiger partial charge on any atom is 0.272 e. The van der Waals surface area contributed by atoms with Crippen LogP contribution in [0.5, 0.6) is 0 Å². The minimum atomic E-state index is -0.149. The molecule has 2 saturated heterocycles. The molecule has 5 rings (SSSR count). The fourth-order valence-electron chi connectivity index (χ4n) is 5.43. The van der Waals surface area contributed by atoms with Crippen LogP contribution >= 0.6 is 11.6 Å². The van der Waals surface area contributed by atoms with Crippen molar-refractivity contribution in [2.75, 3.05) is 57.3 Å². The summed E-state index contributed by atoms with van der Waals surface area (Å²) in [6, 6.07) is 15.4. The molecule has 0 bridgehead atoms. The van der Waals surface area contributed by atoms with E-state index in [4.69, 9.17) is 11.6 Å². The summed E-state index contributed by atoms with van der Waals surface area (Å²) in [6.45, 7) is 4.96. The van der Waals surface area contributed by atoms with Crippen molar-refractivity contribution in [3.05, 3.63) is 63.9 Å². The molecule has 35 heavy (non-hydrogen) atoms. The number of aliphatic hydroxyl groups excluding tert-OH is 1. The molecule has 3 heterocycles. The Balaban J connectivity index is 1.47. The van der Waals surface area contributed by atoms with Crippen molar-refractivity contribution < 1.29 is 9.90 Å². The zero-order valence-electron chi connectivity index (χ0n) is 19.8. The van der Waals surface area contributed by atoms with Crippen molar-refractivity contribution in [1.29, 1.82) is 0 Å². The van der Waals surface area contributed by atoms with Crippen LogP contribution in [0, 0.1) is 5.92 Å². The summed E-state index contributed by atoms with van der Waals surface area (Å²) in [5, 5.41) is 10.7. The Morgan fingerprint density at radius 2 is 1.83 bits per heavy atom. The number of piperazine rings is 1. The van der Waals surface area contributed by atoms with Gasteiger partial charge in [-0.25, -0.2) is 0 Å². The Hall–Kier alpha value is -2.87. The Kier molecular flexibility index (Phi) is 7.09. The first kappa shape index (κ1) is 23.9. The number of nitrogens with zero attached hydrogens (tertiary/aromatic N) is 3. The average Bonchev–Trinajstić information content (AvgIpc) is 2.89. The number of anilines is 1. The maximum atomic E-state index is 13.4. The number of carbonyl (C=O) groups is 1. The van der Waals surface area contributed by atoms with E-state index in [0.717, 1.165) is 54.5 Å². The molecule has 0 spiro atoms. The topological polar surface area (TPSA) is 79.9 Å². The number of aliphatic hydroxyl groups is 1. The van der Waals surface area contributed by atoms with E-state index in [1.807, 2.05) is 47.4 Å². The molecule has 2 aliphatic heterocycles. The first-order chi connectivity index (χ1) is 17.0. The molecule has 1 amide bonds. The van der Waals surface area contributed by atoms with Gasteiger partial charge in [0.05, 0.1) is 12.5 Å². The number of rotatable bonds is 5. The lowest BCUT2D eigenvalue weighted by Crippen LogP contribution is -2.53. The Morgan fingerprint density at radius 1 is 1.06 bits per heavy atom. The first-order valence-electron chi connectivity index (χ1n) is 12.3. The molecule has 8 heteroatoms. The van der Waals surface area contributed by atoms with Gasteiger partial charge in [0, 0.05) is 67.3 Å². The van der Waals surface area contributed by atoms with Gasteiger partial charge in [0.15, 0.2) is 0 Å². The predicted molar refractivity (Wildman–Crippen MR) is 140 cm³/mol. The molecule has 3 aromatic rings. The largest absolute Gasteiger partial charge is 0.395 e. The van der Waals surface area contributed by atoms with Crippen LogP contribution in [0.1, 0.15) is 12.8 Å². The molecular weight excluding hydrogens is 464 g/mol. The van der Waals surface area contributed by atoms with Gasteiger partial charge in [0.2, 0.25) is 5.91 Å². The molecule has 2 aromatic carbocycles. The second-order valence-electron chi connectivity index (χ2n) is 9.41. The van der Waals surface area contributed by atoms with E-state index in [9.17, 15) is 14.7 Å². The summed E-state index contributed by atoms with van der Waals surface area (Å²) < 4.78 is 0. The molecule has 184 valence electrons. The van der Waals surface area contributed by atoms with Gasteiger partial charge in [0.25, 0.3) is 5.56 Å². The van der Waals surface area contributed by atoms with E-state index in [-0.39, 0.29) is 24.0 Å². The Morgan fingerprint density at radius 3 is 2.57 bits per heavy atom. The minimum absolute atomic E-state index is 0.140. The molecule has 7 nitrogen and oxygen atoms in total. The van der Waals surface area contributed by atoms with E-state index in [1.54, 1.807) is 6.07 Å². The van der Waals surface area contributed by atoms with Gasteiger partial charge in [-0.1, -0.05) is 41.9 Å². The van der Waals surface area contributed by atoms with Gasteiger partial charge in [-0.15, -0.1) is 0 Å². The highest BCUT2D eigenvalue weighted by atomic mass is 35.5. The number of β-amino-alcohol motifs (C(OH)–C–C–N with tert-alkyl or cyclic N) is 1. The first-order valence-corrected chi connectivity index (χ1v) is 12.7. The summed E-state index contributed by atoms with van der Waals surface area (Å²) in [5.41, 5.74) is 3.01. The number of pyridine rings is 1. The number of aromatic amines is 1. The molecule has 2 fully saturated rings. The zero-order valence-corrected chi connectivity index (χ0v) is 20.5. The fraction of sp³-hybridized carbons (Fsp3) is 0.407. The monoisotopic (exact) mass is 494 g/mol. The SMILES string of the molecule is O=C([C@H]1CCCN(c2c(-c3ccccc3)c3cc(Cl)ccc3[nH]c2=O)C1)N1CCN(CCO)CC1. The van der Waals surface area contributed by atoms with Crippen LogP contribution in [0.4, 0.5) is 5.69 Å². The van der Waals surface area contributed by atoms with Crippen molar-refractivity contribution in [2.45, 2.75) is 12.8 Å². The lowest BCUT2D eigenvalue weighted by molar-refractivity contribution is -0.137. The van der Waals surface area contributed by atoms with Crippen LogP contribution in [-0.2, 0) is 4.79 Å². The lowest BCUT2D eigenvalue weighted by atomic mass is 9.93. The highest BCUT2D eigenvalue weighted by Gasteiger charge is 2.33. The van der Waals surface area contributed by atoms with Crippen molar-refractivity contribution in [3.63, 3.8) is 0 Å². The minimum Gasteiger partial charge on any atom is -0.395 e. The lowest BCUT2D eigenvalue weighted by Gasteiger charge is -2.39. The highest BCUT2D eigenvalue weighted by molar-refractivity contribution is 6.31. The number of piperidine rings is 1. The zero-order chi connectivity index (χ0) is 24.4. The standard InChI is InChI=1S/C27H31ClN4O3/c28-21-8-9-23-22(17-21)24(19-5-2-1-3-6-19)25(26(34)29-23)32-10-4-7-20(18-32)27(35)31-13-11-30(12-14-31)15-16-33/h1-3,5-6,8-9,17,20,33H,4,7,10-16,18H2,(H,29,34)/t20-/m0/s1. The fourth-order valence-corrected chi connectivity index (χ4v) is 5.60. The summed E-state index contributed by atoms with van der Waals surface area (Å²) in [6.07, 6.45) is 1.67. The summed E-state index contributed by atoms with van der Waals surface area (Å²) in [7, 11) is 0. The van der Waals surface area contributed by atoms with Gasteiger partial charge in [0.1, 0.15) is 5.69 Å². The Bertz CT molecular complexity index is 1250. The van der Waals surface area contributed by atoms with Crippen LogP contribution in [0.3, 0.4) is 0 Å². The smallest absolute Gasteiger partial charge is 0.272 e. The number of halogens is 1. The number of hydrogen-bond donors (Lipinski definition) is 2. The molecule has 2 aliphatic rings. The third kappa shape index (κ3) is 4.94. The van der Waals surface area contributed by atoms with Crippen LogP contribution < -0.4 is 10.5 Å². The molecule has 0 aliphatic carbocycles. The predicted octanol–water partition coefficient (Wildman–Crippen LogP) is 3.20. The van der Waals surface area contributed by atoms with Gasteiger partial charge in [-0.2, -0.15) is 0 Å². The van der Waals surface area contributed by atoms with Crippen LogP contribution in [0.2, 0.25) is 5.02 Å². The van der Waals surface area contributed by atoms with Crippen molar-refractivity contribution >= 4 is 34.1 Å². The number of benzene rings is 2. The van der Waals surface area contributed by atoms with Crippen molar-refractivity contribution in [1.82, 2.24) is 14.8 Å². The highest BCUT2D eigenvalue weighted by Crippen LogP contribution is 2.37. The van der Waals surface area contributed by atoms with E-state index < -0.39 is 0 Å². The summed E-state index contributed by atoms with van der Waals surface area (Å²) in [5.74, 6) is 0.0195. The summed E-state index contributed by atoms with van der Waals surface area (Å²) in [4.78, 5) is 36.1. The van der Waals surface area contributed by atoms with E-state index >= 15 is 0 Å². The number of nitrogens with one attached hydrogen (secondary N) is 1. The Labute approximate surface area is 209 Å². The molecule has 0 saturated carbocycles. The number of carbonyl (C=O) groups excluding carboxylic acids is 1. The van der Waals surface area contributed by atoms with E-state index in [0.29, 0.717) is 36.9 Å². The van der Waals surface area contributed by atoms with Crippen molar-refractivity contribution in [2.24, 2.45) is 5.92 Å². The third-order valence-corrected chi connectivity index (χ3v) is 7.44. The van der Waals surface area contributed by atoms with Gasteiger partial charge in [-0.05, 0) is 36.6 Å².